The number of imidazole rings is 1. The van der Waals surface area contributed by atoms with E-state index in [9.17, 15) is 0 Å². The third-order valence-electron chi connectivity index (χ3n) is 2.39. The van der Waals surface area contributed by atoms with Crippen LogP contribution in [-0.4, -0.2) is 20.5 Å². The van der Waals surface area contributed by atoms with Crippen LogP contribution in [0.1, 0.15) is 12.7 Å². The summed E-state index contributed by atoms with van der Waals surface area (Å²) < 4.78 is 1.84. The molecule has 5 nitrogen and oxygen atoms in total. The largest absolute Gasteiger partial charge is 0.410 e. The van der Waals surface area contributed by atoms with Crippen molar-refractivity contribution in [1.29, 1.82) is 5.26 Å². The normalized spacial score (nSPS) is 11.6. The maximum Gasteiger partial charge on any atom is 0.222 e. The summed E-state index contributed by atoms with van der Waals surface area (Å²) in [6.07, 6.45) is 0. The molecule has 1 aromatic heterocycles. The number of benzene rings is 1. The fraction of sp³-hybridized carbons (Fsp3) is 0.182. The van der Waals surface area contributed by atoms with Crippen molar-refractivity contribution in [2.45, 2.75) is 13.5 Å². The summed E-state index contributed by atoms with van der Waals surface area (Å²) in [5.74, 6) is 0.397. The Hall–Kier alpha value is -2.35. The molecule has 0 atom stereocenters. The molecule has 0 aliphatic heterocycles. The van der Waals surface area contributed by atoms with Crippen molar-refractivity contribution in [2.75, 3.05) is 0 Å². The van der Waals surface area contributed by atoms with Crippen LogP contribution >= 0.6 is 0 Å². The molecule has 0 saturated heterocycles. The fourth-order valence-electron chi connectivity index (χ4n) is 1.69. The van der Waals surface area contributed by atoms with Crippen LogP contribution in [0.25, 0.3) is 11.0 Å². The Labute approximate surface area is 92.2 Å². The van der Waals surface area contributed by atoms with Crippen LogP contribution in [0.5, 0.6) is 0 Å². The molecule has 5 heteroatoms. The quantitative estimate of drug-likeness (QED) is 0.470. The van der Waals surface area contributed by atoms with Crippen LogP contribution in [-0.2, 0) is 6.54 Å². The Morgan fingerprint density at radius 2 is 2.31 bits per heavy atom. The molecule has 0 bridgehead atoms. The van der Waals surface area contributed by atoms with E-state index < -0.39 is 0 Å². The standard InChI is InChI=1S/C11H10N4O/c1-2-15-10-6-4-3-5-8(10)13-11(15)9(7-12)14-16/h3-6,16H,2H2,1H3/b14-9-. The molecule has 0 aliphatic rings. The monoisotopic (exact) mass is 214 g/mol. The molecule has 2 aromatic rings. The second kappa shape index (κ2) is 4.03. The van der Waals surface area contributed by atoms with Crippen molar-refractivity contribution in [3.63, 3.8) is 0 Å². The van der Waals surface area contributed by atoms with Gasteiger partial charge >= 0.3 is 0 Å². The van der Waals surface area contributed by atoms with Gasteiger partial charge in [0.05, 0.1) is 11.0 Å². The molecule has 2 rings (SSSR count). The average Bonchev–Trinajstić information content (AvgIpc) is 2.69. The molecule has 0 radical (unpaired) electrons. The number of hydrogen-bond donors (Lipinski definition) is 1. The molecule has 0 unspecified atom stereocenters. The Morgan fingerprint density at radius 1 is 1.56 bits per heavy atom. The SMILES string of the molecule is CCn1c(/C(C#N)=N\O)nc2ccccc21. The zero-order valence-electron chi connectivity index (χ0n) is 8.75. The summed E-state index contributed by atoms with van der Waals surface area (Å²) in [6.45, 7) is 2.61. The lowest BCUT2D eigenvalue weighted by Gasteiger charge is -2.02. The Kier molecular flexibility index (Phi) is 2.56. The van der Waals surface area contributed by atoms with E-state index in [1.165, 1.54) is 0 Å². The lowest BCUT2D eigenvalue weighted by molar-refractivity contribution is 0.319. The van der Waals surface area contributed by atoms with E-state index >= 15 is 0 Å². The second-order valence-electron chi connectivity index (χ2n) is 3.23. The van der Waals surface area contributed by atoms with E-state index in [-0.39, 0.29) is 5.71 Å². The number of aryl methyl sites for hydroxylation is 1. The first kappa shape index (κ1) is 10.2. The fourth-order valence-corrected chi connectivity index (χ4v) is 1.69. The molecule has 1 aromatic carbocycles. The van der Waals surface area contributed by atoms with Gasteiger partial charge in [-0.05, 0) is 19.1 Å². The molecule has 0 aliphatic carbocycles. The van der Waals surface area contributed by atoms with Gasteiger partial charge < -0.3 is 9.77 Å². The van der Waals surface area contributed by atoms with Crippen molar-refractivity contribution >= 4 is 16.7 Å². The van der Waals surface area contributed by atoms with Crippen molar-refractivity contribution in [3.8, 4) is 6.07 Å². The van der Waals surface area contributed by atoms with Crippen LogP contribution < -0.4 is 0 Å². The first-order valence-electron chi connectivity index (χ1n) is 4.89. The van der Waals surface area contributed by atoms with Gasteiger partial charge in [-0.15, -0.1) is 0 Å². The van der Waals surface area contributed by atoms with E-state index in [1.54, 1.807) is 0 Å². The zero-order valence-corrected chi connectivity index (χ0v) is 8.75. The lowest BCUT2D eigenvalue weighted by atomic mass is 10.3. The number of oxime groups is 1. The molecule has 0 fully saturated rings. The Bertz CT molecular complexity index is 592. The minimum absolute atomic E-state index is 0.0713. The number of hydrogen-bond acceptors (Lipinski definition) is 4. The predicted molar refractivity (Wildman–Crippen MR) is 59.3 cm³/mol. The average molecular weight is 214 g/mol. The summed E-state index contributed by atoms with van der Waals surface area (Å²) in [5, 5.41) is 20.5. The van der Waals surface area contributed by atoms with Gasteiger partial charge in [-0.2, -0.15) is 5.26 Å². The van der Waals surface area contributed by atoms with Crippen molar-refractivity contribution in [2.24, 2.45) is 5.16 Å². The van der Waals surface area contributed by atoms with Crippen LogP contribution in [0.15, 0.2) is 29.4 Å². The molecule has 0 amide bonds. The Balaban J connectivity index is 2.76. The van der Waals surface area contributed by atoms with Gasteiger partial charge in [0.25, 0.3) is 0 Å². The van der Waals surface area contributed by atoms with E-state index in [0.717, 1.165) is 11.0 Å². The van der Waals surface area contributed by atoms with E-state index in [0.29, 0.717) is 12.4 Å². The highest BCUT2D eigenvalue weighted by Gasteiger charge is 2.14. The topological polar surface area (TPSA) is 74.2 Å². The minimum atomic E-state index is -0.0713. The molecule has 1 N–H and O–H groups in total. The van der Waals surface area contributed by atoms with Crippen LogP contribution in [0.2, 0.25) is 0 Å². The highest BCUT2D eigenvalue weighted by atomic mass is 16.4. The van der Waals surface area contributed by atoms with Gasteiger partial charge in [-0.25, -0.2) is 4.98 Å². The smallest absolute Gasteiger partial charge is 0.222 e. The van der Waals surface area contributed by atoms with Gasteiger partial charge in [0, 0.05) is 6.54 Å². The zero-order chi connectivity index (χ0) is 11.5. The van der Waals surface area contributed by atoms with E-state index in [4.69, 9.17) is 10.5 Å². The number of fused-ring (bicyclic) bond motifs is 1. The number of rotatable bonds is 2. The number of aromatic nitrogens is 2. The maximum absolute atomic E-state index is 8.83. The summed E-state index contributed by atoms with van der Waals surface area (Å²) >= 11 is 0. The number of nitrogens with zero attached hydrogens (tertiary/aromatic N) is 4. The summed E-state index contributed by atoms with van der Waals surface area (Å²) in [4.78, 5) is 4.28. The highest BCUT2D eigenvalue weighted by molar-refractivity contribution is 6.10. The van der Waals surface area contributed by atoms with Crippen molar-refractivity contribution in [1.82, 2.24) is 9.55 Å². The first-order valence-corrected chi connectivity index (χ1v) is 4.89. The molecular formula is C11H10N4O. The van der Waals surface area contributed by atoms with Crippen LogP contribution in [0, 0.1) is 11.3 Å². The molecular weight excluding hydrogens is 204 g/mol. The number of para-hydroxylation sites is 2. The van der Waals surface area contributed by atoms with Crippen molar-refractivity contribution in [3.05, 3.63) is 30.1 Å². The van der Waals surface area contributed by atoms with Crippen LogP contribution in [0.3, 0.4) is 0 Å². The molecule has 0 saturated carbocycles. The summed E-state index contributed by atoms with van der Waals surface area (Å²) in [7, 11) is 0. The van der Waals surface area contributed by atoms with E-state index in [2.05, 4.69) is 10.1 Å². The lowest BCUT2D eigenvalue weighted by Crippen LogP contribution is -2.08. The van der Waals surface area contributed by atoms with Gasteiger partial charge in [0.15, 0.2) is 5.82 Å². The maximum atomic E-state index is 8.83. The van der Waals surface area contributed by atoms with Gasteiger partial charge in [-0.3, -0.25) is 0 Å². The predicted octanol–water partition coefficient (Wildman–Crippen LogP) is 1.76. The summed E-state index contributed by atoms with van der Waals surface area (Å²) in [6, 6.07) is 9.38. The third kappa shape index (κ3) is 1.41. The third-order valence-corrected chi connectivity index (χ3v) is 2.39. The van der Waals surface area contributed by atoms with E-state index in [1.807, 2.05) is 41.8 Å². The van der Waals surface area contributed by atoms with Gasteiger partial charge in [0.1, 0.15) is 6.07 Å². The number of nitriles is 1. The second-order valence-corrected chi connectivity index (χ2v) is 3.23. The molecule has 1 heterocycles. The van der Waals surface area contributed by atoms with Crippen LogP contribution in [0.4, 0.5) is 0 Å². The summed E-state index contributed by atoms with van der Waals surface area (Å²) in [5.41, 5.74) is 1.64. The molecule has 80 valence electrons. The van der Waals surface area contributed by atoms with Gasteiger partial charge in [-0.1, -0.05) is 17.3 Å². The Morgan fingerprint density at radius 3 is 2.94 bits per heavy atom. The first-order chi connectivity index (χ1) is 7.81. The highest BCUT2D eigenvalue weighted by Crippen LogP contribution is 2.16. The minimum Gasteiger partial charge on any atom is -0.410 e. The molecule has 0 spiro atoms. The van der Waals surface area contributed by atoms with Crippen molar-refractivity contribution < 1.29 is 5.21 Å². The van der Waals surface area contributed by atoms with Gasteiger partial charge in [0.2, 0.25) is 5.71 Å². The molecule has 16 heavy (non-hydrogen) atoms.